The molecule has 0 unspecified atom stereocenters. The normalized spacial score (nSPS) is 12.0. The minimum atomic E-state index is -0.426. The maximum Gasteiger partial charge on any atom is 0.287 e. The van der Waals surface area contributed by atoms with Gasteiger partial charge in [0.1, 0.15) is 6.04 Å². The van der Waals surface area contributed by atoms with Gasteiger partial charge in [-0.2, -0.15) is 4.98 Å². The number of anilines is 1. The fourth-order valence-electron chi connectivity index (χ4n) is 2.17. The Balaban J connectivity index is 1.71. The van der Waals surface area contributed by atoms with Crippen molar-refractivity contribution in [3.63, 3.8) is 0 Å². The van der Waals surface area contributed by atoms with Crippen molar-refractivity contribution in [2.24, 2.45) is 0 Å². The topological polar surface area (TPSA) is 84.4 Å². The Kier molecular flexibility index (Phi) is 4.33. The van der Waals surface area contributed by atoms with E-state index in [1.807, 2.05) is 43.3 Å². The molecule has 0 radical (unpaired) electrons. The van der Waals surface area contributed by atoms with Crippen LogP contribution in [0.5, 0.6) is 0 Å². The number of furan rings is 1. The Hall–Kier alpha value is -3.09. The van der Waals surface area contributed by atoms with E-state index in [9.17, 15) is 4.79 Å². The number of benzene rings is 1. The Morgan fingerprint density at radius 3 is 2.58 bits per heavy atom. The van der Waals surface area contributed by atoms with Crippen molar-refractivity contribution in [3.8, 4) is 11.4 Å². The highest BCUT2D eigenvalue weighted by atomic mass is 16.5. The zero-order valence-corrected chi connectivity index (χ0v) is 13.7. The molecule has 1 atom stereocenters. The molecule has 0 spiro atoms. The smallest absolute Gasteiger partial charge is 0.287 e. The molecule has 7 heteroatoms. The van der Waals surface area contributed by atoms with Crippen molar-refractivity contribution in [1.82, 2.24) is 15.5 Å². The van der Waals surface area contributed by atoms with Gasteiger partial charge in [-0.25, -0.2) is 0 Å². The van der Waals surface area contributed by atoms with Crippen molar-refractivity contribution in [2.75, 3.05) is 19.0 Å². The summed E-state index contributed by atoms with van der Waals surface area (Å²) in [7, 11) is 3.95. The molecule has 3 rings (SSSR count). The number of amides is 1. The van der Waals surface area contributed by atoms with E-state index < -0.39 is 6.04 Å². The third kappa shape index (κ3) is 3.29. The van der Waals surface area contributed by atoms with Crippen molar-refractivity contribution < 1.29 is 13.7 Å². The average Bonchev–Trinajstić information content (AvgIpc) is 3.26. The molecule has 7 nitrogen and oxygen atoms in total. The molecule has 0 bridgehead atoms. The van der Waals surface area contributed by atoms with Gasteiger partial charge in [-0.3, -0.25) is 4.79 Å². The average molecular weight is 326 g/mol. The lowest BCUT2D eigenvalue weighted by Crippen LogP contribution is -2.26. The van der Waals surface area contributed by atoms with Crippen LogP contribution < -0.4 is 10.2 Å². The third-order valence-corrected chi connectivity index (χ3v) is 3.55. The van der Waals surface area contributed by atoms with Gasteiger partial charge in [-0.05, 0) is 43.3 Å². The predicted octanol–water partition coefficient (Wildman–Crippen LogP) is 2.89. The molecular formula is C17H18N4O3. The third-order valence-electron chi connectivity index (χ3n) is 3.55. The lowest BCUT2D eigenvalue weighted by molar-refractivity contribution is 0.0904. The van der Waals surface area contributed by atoms with Gasteiger partial charge in [0, 0.05) is 25.3 Å². The monoisotopic (exact) mass is 326 g/mol. The second kappa shape index (κ2) is 6.57. The summed E-state index contributed by atoms with van der Waals surface area (Å²) in [6, 6.07) is 10.6. The van der Waals surface area contributed by atoms with Gasteiger partial charge in [-0.1, -0.05) is 5.16 Å². The van der Waals surface area contributed by atoms with Gasteiger partial charge < -0.3 is 19.2 Å². The van der Waals surface area contributed by atoms with Crippen LogP contribution in [0.1, 0.15) is 29.4 Å². The lowest BCUT2D eigenvalue weighted by atomic mass is 10.2. The molecule has 2 heterocycles. The van der Waals surface area contributed by atoms with E-state index in [1.54, 1.807) is 19.1 Å². The second-order valence-corrected chi connectivity index (χ2v) is 5.57. The van der Waals surface area contributed by atoms with Gasteiger partial charge in [0.15, 0.2) is 5.76 Å². The summed E-state index contributed by atoms with van der Waals surface area (Å²) in [4.78, 5) is 18.3. The number of nitrogens with zero attached hydrogens (tertiary/aromatic N) is 3. The SMILES string of the molecule is C[C@H](NC(=O)c1ccco1)c1nc(-c2ccc(N(C)C)cc2)no1. The molecule has 0 aliphatic carbocycles. The predicted molar refractivity (Wildman–Crippen MR) is 88.7 cm³/mol. The van der Waals surface area contributed by atoms with Crippen LogP contribution in [0.25, 0.3) is 11.4 Å². The van der Waals surface area contributed by atoms with E-state index in [-0.39, 0.29) is 11.7 Å². The quantitative estimate of drug-likeness (QED) is 0.776. The summed E-state index contributed by atoms with van der Waals surface area (Å²) in [5.41, 5.74) is 1.93. The summed E-state index contributed by atoms with van der Waals surface area (Å²) in [6.07, 6.45) is 1.45. The van der Waals surface area contributed by atoms with Gasteiger partial charge in [0.25, 0.3) is 5.91 Å². The number of nitrogens with one attached hydrogen (secondary N) is 1. The lowest BCUT2D eigenvalue weighted by Gasteiger charge is -2.11. The molecule has 3 aromatic rings. The van der Waals surface area contributed by atoms with Crippen LogP contribution in [0, 0.1) is 0 Å². The van der Waals surface area contributed by atoms with Crippen LogP contribution in [-0.4, -0.2) is 30.1 Å². The number of rotatable bonds is 5. The first-order valence-corrected chi connectivity index (χ1v) is 7.50. The van der Waals surface area contributed by atoms with E-state index in [0.29, 0.717) is 11.7 Å². The largest absolute Gasteiger partial charge is 0.459 e. The van der Waals surface area contributed by atoms with Gasteiger partial charge in [0.2, 0.25) is 11.7 Å². The van der Waals surface area contributed by atoms with Crippen molar-refractivity contribution >= 4 is 11.6 Å². The van der Waals surface area contributed by atoms with E-state index in [4.69, 9.17) is 8.94 Å². The molecular weight excluding hydrogens is 308 g/mol. The van der Waals surface area contributed by atoms with Gasteiger partial charge >= 0.3 is 0 Å². The molecule has 0 aliphatic rings. The molecule has 0 fully saturated rings. The van der Waals surface area contributed by atoms with Gasteiger partial charge in [-0.15, -0.1) is 0 Å². The standard InChI is InChI=1S/C17H18N4O3/c1-11(18-16(22)14-5-4-10-23-14)17-19-15(20-24-17)12-6-8-13(9-7-12)21(2)3/h4-11H,1-3H3,(H,18,22)/t11-/m0/s1. The fourth-order valence-corrected chi connectivity index (χ4v) is 2.17. The fraction of sp³-hybridized carbons (Fsp3) is 0.235. The maximum atomic E-state index is 12.0. The highest BCUT2D eigenvalue weighted by Crippen LogP contribution is 2.21. The van der Waals surface area contributed by atoms with Crippen LogP contribution in [0.4, 0.5) is 5.69 Å². The summed E-state index contributed by atoms with van der Waals surface area (Å²) in [6.45, 7) is 1.77. The van der Waals surface area contributed by atoms with Gasteiger partial charge in [0.05, 0.1) is 6.26 Å². The van der Waals surface area contributed by atoms with Crippen molar-refractivity contribution in [2.45, 2.75) is 13.0 Å². The van der Waals surface area contributed by atoms with Crippen molar-refractivity contribution in [1.29, 1.82) is 0 Å². The first-order chi connectivity index (χ1) is 11.5. The molecule has 1 amide bonds. The zero-order valence-electron chi connectivity index (χ0n) is 13.7. The highest BCUT2D eigenvalue weighted by molar-refractivity contribution is 5.91. The molecule has 124 valence electrons. The van der Waals surface area contributed by atoms with E-state index in [0.717, 1.165) is 11.3 Å². The summed E-state index contributed by atoms with van der Waals surface area (Å²) in [5.74, 6) is 0.722. The maximum absolute atomic E-state index is 12.0. The number of hydrogen-bond acceptors (Lipinski definition) is 6. The Bertz CT molecular complexity index is 807. The first-order valence-electron chi connectivity index (χ1n) is 7.50. The number of aromatic nitrogens is 2. The van der Waals surface area contributed by atoms with Crippen LogP contribution in [0.2, 0.25) is 0 Å². The molecule has 0 aliphatic heterocycles. The van der Waals surface area contributed by atoms with E-state index in [2.05, 4.69) is 15.5 Å². The summed E-state index contributed by atoms with van der Waals surface area (Å²) >= 11 is 0. The van der Waals surface area contributed by atoms with Crippen LogP contribution in [0.15, 0.2) is 51.6 Å². The number of hydrogen-bond donors (Lipinski definition) is 1. The Morgan fingerprint density at radius 2 is 1.96 bits per heavy atom. The van der Waals surface area contributed by atoms with E-state index in [1.165, 1.54) is 6.26 Å². The molecule has 1 aromatic carbocycles. The molecule has 0 saturated carbocycles. The molecule has 0 saturated heterocycles. The van der Waals surface area contributed by atoms with Crippen LogP contribution in [-0.2, 0) is 0 Å². The Morgan fingerprint density at radius 1 is 1.21 bits per heavy atom. The molecule has 1 N–H and O–H groups in total. The minimum absolute atomic E-state index is 0.237. The first kappa shape index (κ1) is 15.8. The number of carbonyl (C=O) groups is 1. The molecule has 24 heavy (non-hydrogen) atoms. The minimum Gasteiger partial charge on any atom is -0.459 e. The molecule has 2 aromatic heterocycles. The summed E-state index contributed by atoms with van der Waals surface area (Å²) in [5, 5.41) is 6.73. The van der Waals surface area contributed by atoms with E-state index >= 15 is 0 Å². The second-order valence-electron chi connectivity index (χ2n) is 5.57. The highest BCUT2D eigenvalue weighted by Gasteiger charge is 2.19. The van der Waals surface area contributed by atoms with Crippen LogP contribution >= 0.6 is 0 Å². The van der Waals surface area contributed by atoms with Crippen LogP contribution in [0.3, 0.4) is 0 Å². The van der Waals surface area contributed by atoms with Crippen molar-refractivity contribution in [3.05, 3.63) is 54.3 Å². The Labute approximate surface area is 139 Å². The zero-order chi connectivity index (χ0) is 17.1. The summed E-state index contributed by atoms with van der Waals surface area (Å²) < 4.78 is 10.3. The number of carbonyl (C=O) groups excluding carboxylic acids is 1.